The van der Waals surface area contributed by atoms with Crippen molar-refractivity contribution >= 4 is 46.4 Å². The minimum Gasteiger partial charge on any atom is -0.267 e. The fourth-order valence-corrected chi connectivity index (χ4v) is 3.28. The molecule has 22 heavy (non-hydrogen) atoms. The molecule has 0 spiro atoms. The van der Waals surface area contributed by atoms with Crippen LogP contribution < -0.4 is 10.9 Å². The van der Waals surface area contributed by atoms with Gasteiger partial charge in [-0.2, -0.15) is 0 Å². The molecule has 1 aromatic carbocycles. The third-order valence-corrected chi connectivity index (χ3v) is 4.74. The van der Waals surface area contributed by atoms with Crippen LogP contribution in [0.5, 0.6) is 0 Å². The quantitative estimate of drug-likeness (QED) is 0.816. The fraction of sp³-hybridized carbons (Fsp3) is 0.200. The molecule has 0 fully saturated rings. The maximum absolute atomic E-state index is 12.0. The van der Waals surface area contributed by atoms with Gasteiger partial charge in [0.15, 0.2) is 0 Å². The normalized spacial score (nSPS) is 10.4. The smallest absolute Gasteiger partial charge is 0.267 e. The molecule has 0 unspecified atom stereocenters. The van der Waals surface area contributed by atoms with E-state index in [-0.39, 0.29) is 16.5 Å². The van der Waals surface area contributed by atoms with E-state index in [1.165, 1.54) is 23.5 Å². The number of hydrazine groups is 1. The van der Waals surface area contributed by atoms with Crippen LogP contribution in [0.3, 0.4) is 0 Å². The molecule has 0 saturated carbocycles. The molecular formula is C15H14Cl2N2O2S. The molecule has 1 heterocycles. The van der Waals surface area contributed by atoms with Crippen molar-refractivity contribution in [3.8, 4) is 0 Å². The van der Waals surface area contributed by atoms with Crippen LogP contribution in [-0.4, -0.2) is 11.8 Å². The topological polar surface area (TPSA) is 58.2 Å². The van der Waals surface area contributed by atoms with E-state index in [0.29, 0.717) is 9.90 Å². The fourth-order valence-electron chi connectivity index (χ4n) is 1.90. The summed E-state index contributed by atoms with van der Waals surface area (Å²) in [6, 6.07) is 6.38. The minimum absolute atomic E-state index is 0.200. The zero-order chi connectivity index (χ0) is 16.3. The van der Waals surface area contributed by atoms with E-state index < -0.39 is 5.91 Å². The van der Waals surface area contributed by atoms with Crippen molar-refractivity contribution in [3.63, 3.8) is 0 Å². The van der Waals surface area contributed by atoms with Crippen LogP contribution in [0, 0.1) is 6.92 Å². The summed E-state index contributed by atoms with van der Waals surface area (Å²) < 4.78 is 0. The summed E-state index contributed by atoms with van der Waals surface area (Å²) in [6.45, 7) is 3.99. The number of carbonyl (C=O) groups is 2. The highest BCUT2D eigenvalue weighted by Crippen LogP contribution is 2.22. The molecule has 0 aliphatic rings. The summed E-state index contributed by atoms with van der Waals surface area (Å²) in [5, 5.41) is 0.652. The Morgan fingerprint density at radius 3 is 2.45 bits per heavy atom. The monoisotopic (exact) mass is 356 g/mol. The number of rotatable bonds is 3. The summed E-state index contributed by atoms with van der Waals surface area (Å²) in [6.07, 6.45) is 0.861. The van der Waals surface area contributed by atoms with E-state index in [9.17, 15) is 9.59 Å². The van der Waals surface area contributed by atoms with Crippen molar-refractivity contribution in [1.29, 1.82) is 0 Å². The van der Waals surface area contributed by atoms with Gasteiger partial charge >= 0.3 is 0 Å². The number of nitrogens with one attached hydrogen (secondary N) is 2. The lowest BCUT2D eigenvalue weighted by Crippen LogP contribution is -2.41. The van der Waals surface area contributed by atoms with Crippen LogP contribution in [0.4, 0.5) is 0 Å². The summed E-state index contributed by atoms with van der Waals surface area (Å²) >= 11 is 13.2. The predicted octanol–water partition coefficient (Wildman–Crippen LogP) is 4.00. The number of hydrogen-bond acceptors (Lipinski definition) is 3. The number of carbonyl (C=O) groups excluding carboxylic acids is 2. The lowest BCUT2D eigenvalue weighted by molar-refractivity contribution is 0.0849. The van der Waals surface area contributed by atoms with Crippen molar-refractivity contribution < 1.29 is 9.59 Å². The summed E-state index contributed by atoms with van der Waals surface area (Å²) in [5.74, 6) is -0.885. The van der Waals surface area contributed by atoms with Gasteiger partial charge in [0.1, 0.15) is 0 Å². The predicted molar refractivity (Wildman–Crippen MR) is 89.8 cm³/mol. The standard InChI is InChI=1S/C15H14Cl2N2O2S/c1-3-9-6-13(22-8(9)2)15(21)19-18-14(20)11-7-10(16)4-5-12(11)17/h4-7H,3H2,1-2H3,(H,18,20)(H,19,21). The van der Waals surface area contributed by atoms with Gasteiger partial charge in [0.25, 0.3) is 11.8 Å². The molecule has 2 rings (SSSR count). The molecular weight excluding hydrogens is 343 g/mol. The van der Waals surface area contributed by atoms with E-state index in [1.807, 2.05) is 19.9 Å². The highest BCUT2D eigenvalue weighted by atomic mass is 35.5. The van der Waals surface area contributed by atoms with E-state index in [2.05, 4.69) is 10.9 Å². The average Bonchev–Trinajstić information content (AvgIpc) is 2.88. The maximum Gasteiger partial charge on any atom is 0.279 e. The second kappa shape index (κ2) is 7.13. The highest BCUT2D eigenvalue weighted by Gasteiger charge is 2.15. The number of aryl methyl sites for hydroxylation is 2. The van der Waals surface area contributed by atoms with Crippen molar-refractivity contribution in [1.82, 2.24) is 10.9 Å². The van der Waals surface area contributed by atoms with Gasteiger partial charge in [-0.3, -0.25) is 20.4 Å². The third kappa shape index (κ3) is 3.80. The van der Waals surface area contributed by atoms with Crippen LogP contribution in [0.1, 0.15) is 37.4 Å². The van der Waals surface area contributed by atoms with Crippen LogP contribution in [0.15, 0.2) is 24.3 Å². The molecule has 4 nitrogen and oxygen atoms in total. The molecule has 0 atom stereocenters. The zero-order valence-electron chi connectivity index (χ0n) is 12.0. The molecule has 0 aliphatic heterocycles. The molecule has 116 valence electrons. The minimum atomic E-state index is -0.523. The lowest BCUT2D eigenvalue weighted by Gasteiger charge is -2.07. The molecule has 0 bridgehead atoms. The molecule has 0 saturated heterocycles. The Balaban J connectivity index is 2.04. The SMILES string of the molecule is CCc1cc(C(=O)NNC(=O)c2cc(Cl)ccc2Cl)sc1C. The van der Waals surface area contributed by atoms with Crippen LogP contribution in [-0.2, 0) is 6.42 Å². The number of halogens is 2. The first-order valence-electron chi connectivity index (χ1n) is 6.57. The third-order valence-electron chi connectivity index (χ3n) is 3.09. The summed E-state index contributed by atoms with van der Waals surface area (Å²) in [4.78, 5) is 25.7. The first-order chi connectivity index (χ1) is 10.4. The molecule has 2 N–H and O–H groups in total. The highest BCUT2D eigenvalue weighted by molar-refractivity contribution is 7.14. The van der Waals surface area contributed by atoms with Gasteiger partial charge in [0.2, 0.25) is 0 Å². The van der Waals surface area contributed by atoms with Gasteiger partial charge in [-0.1, -0.05) is 30.1 Å². The van der Waals surface area contributed by atoms with E-state index in [4.69, 9.17) is 23.2 Å². The van der Waals surface area contributed by atoms with Crippen LogP contribution in [0.25, 0.3) is 0 Å². The van der Waals surface area contributed by atoms with Crippen molar-refractivity contribution in [2.45, 2.75) is 20.3 Å². The summed E-state index contributed by atoms with van der Waals surface area (Å²) in [5.41, 5.74) is 6.04. The molecule has 7 heteroatoms. The van der Waals surface area contributed by atoms with E-state index >= 15 is 0 Å². The Bertz CT molecular complexity index is 728. The lowest BCUT2D eigenvalue weighted by atomic mass is 10.2. The molecule has 2 aromatic rings. The first kappa shape index (κ1) is 16.8. The Morgan fingerprint density at radius 2 is 1.82 bits per heavy atom. The van der Waals surface area contributed by atoms with E-state index in [0.717, 1.165) is 16.9 Å². The molecule has 0 radical (unpaired) electrons. The number of thiophene rings is 1. The number of hydrogen-bond donors (Lipinski definition) is 2. The largest absolute Gasteiger partial charge is 0.279 e. The van der Waals surface area contributed by atoms with Crippen LogP contribution >= 0.6 is 34.5 Å². The van der Waals surface area contributed by atoms with Crippen molar-refractivity contribution in [3.05, 3.63) is 55.2 Å². The van der Waals surface area contributed by atoms with Gasteiger partial charge in [-0.15, -0.1) is 11.3 Å². The number of benzene rings is 1. The number of amides is 2. The second-order valence-corrected chi connectivity index (χ2v) is 6.68. The van der Waals surface area contributed by atoms with Crippen molar-refractivity contribution in [2.24, 2.45) is 0 Å². The zero-order valence-corrected chi connectivity index (χ0v) is 14.3. The molecule has 0 aliphatic carbocycles. The second-order valence-electron chi connectivity index (χ2n) is 4.58. The van der Waals surface area contributed by atoms with Crippen molar-refractivity contribution in [2.75, 3.05) is 0 Å². The average molecular weight is 357 g/mol. The Morgan fingerprint density at radius 1 is 1.14 bits per heavy atom. The first-order valence-corrected chi connectivity index (χ1v) is 8.14. The summed E-state index contributed by atoms with van der Waals surface area (Å²) in [7, 11) is 0. The van der Waals surface area contributed by atoms with Crippen LogP contribution in [0.2, 0.25) is 10.0 Å². The Hall–Kier alpha value is -1.56. The Kier molecular flexibility index (Phi) is 5.45. The molecule has 1 aromatic heterocycles. The maximum atomic E-state index is 12.0. The van der Waals surface area contributed by atoms with Gasteiger partial charge < -0.3 is 0 Å². The Labute approximate surface area is 142 Å². The van der Waals surface area contributed by atoms with E-state index in [1.54, 1.807) is 6.07 Å². The van der Waals surface area contributed by atoms with Gasteiger partial charge in [0, 0.05) is 9.90 Å². The van der Waals surface area contributed by atoms with Gasteiger partial charge in [-0.05, 0) is 43.2 Å². The van der Waals surface area contributed by atoms with Gasteiger partial charge in [0.05, 0.1) is 15.5 Å². The van der Waals surface area contributed by atoms with Gasteiger partial charge in [-0.25, -0.2) is 0 Å². The molecule has 2 amide bonds.